The summed E-state index contributed by atoms with van der Waals surface area (Å²) in [5, 5.41) is 11.6. The van der Waals surface area contributed by atoms with E-state index >= 15 is 0 Å². The number of aryl methyl sites for hydroxylation is 2. The van der Waals surface area contributed by atoms with Crippen LogP contribution in [0.1, 0.15) is 36.7 Å². The number of aromatic nitrogens is 3. The third kappa shape index (κ3) is 4.91. The molecule has 2 aromatic rings. The lowest BCUT2D eigenvalue weighted by atomic mass is 10.1. The number of carbonyl (C=O) groups excluding carboxylic acids is 1. The standard InChI is InChI=1S/C18H25N5O2S/c1-11-6-12(2)8-15(7-11)25-9-16-21-22-18(23(16)19)26-10-17(24)20-13(3)14-4-5-14/h6-8,13-14H,4-5,9-10,19H2,1-3H3,(H,20,24). The Morgan fingerprint density at radius 2 is 2.04 bits per heavy atom. The molecule has 1 heterocycles. The maximum atomic E-state index is 12.0. The summed E-state index contributed by atoms with van der Waals surface area (Å²) in [6, 6.07) is 6.25. The van der Waals surface area contributed by atoms with Gasteiger partial charge >= 0.3 is 0 Å². The molecule has 7 nitrogen and oxygen atoms in total. The summed E-state index contributed by atoms with van der Waals surface area (Å²) in [6.07, 6.45) is 2.41. The zero-order chi connectivity index (χ0) is 18.7. The Morgan fingerprint density at radius 3 is 2.69 bits per heavy atom. The average Bonchev–Trinajstić information content (AvgIpc) is 3.36. The second kappa shape index (κ2) is 7.99. The van der Waals surface area contributed by atoms with Gasteiger partial charge in [-0.25, -0.2) is 4.68 Å². The van der Waals surface area contributed by atoms with Crippen LogP contribution in [0.4, 0.5) is 0 Å². The lowest BCUT2D eigenvalue weighted by Gasteiger charge is -2.12. The smallest absolute Gasteiger partial charge is 0.230 e. The van der Waals surface area contributed by atoms with Gasteiger partial charge in [0.2, 0.25) is 11.1 Å². The predicted octanol–water partition coefficient (Wildman–Crippen LogP) is 2.19. The summed E-state index contributed by atoms with van der Waals surface area (Å²) in [4.78, 5) is 12.0. The van der Waals surface area contributed by atoms with Crippen LogP contribution in [0.3, 0.4) is 0 Å². The number of hydrogen-bond acceptors (Lipinski definition) is 6. The average molecular weight is 375 g/mol. The minimum atomic E-state index is -0.00886. The van der Waals surface area contributed by atoms with Crippen LogP contribution in [-0.4, -0.2) is 32.6 Å². The summed E-state index contributed by atoms with van der Waals surface area (Å²) >= 11 is 1.27. The number of nitrogens with one attached hydrogen (secondary N) is 1. The maximum absolute atomic E-state index is 12.0. The van der Waals surface area contributed by atoms with Gasteiger partial charge < -0.3 is 15.9 Å². The molecule has 8 heteroatoms. The molecule has 1 aliphatic rings. The largest absolute Gasteiger partial charge is 0.486 e. The van der Waals surface area contributed by atoms with Crippen LogP contribution < -0.4 is 15.9 Å². The van der Waals surface area contributed by atoms with Crippen molar-refractivity contribution in [2.24, 2.45) is 5.92 Å². The van der Waals surface area contributed by atoms with Crippen molar-refractivity contribution in [3.05, 3.63) is 35.2 Å². The number of benzene rings is 1. The number of ether oxygens (including phenoxy) is 1. The molecule has 140 valence electrons. The SMILES string of the molecule is Cc1cc(C)cc(OCc2nnc(SCC(=O)NC(C)C3CC3)n2N)c1. The Kier molecular flexibility index (Phi) is 5.70. The quantitative estimate of drug-likeness (QED) is 0.542. The molecule has 0 radical (unpaired) electrons. The van der Waals surface area contributed by atoms with Gasteiger partial charge in [-0.05, 0) is 62.8 Å². The molecule has 0 spiro atoms. The van der Waals surface area contributed by atoms with Gasteiger partial charge in [0.05, 0.1) is 5.75 Å². The van der Waals surface area contributed by atoms with E-state index in [1.54, 1.807) is 0 Å². The monoisotopic (exact) mass is 375 g/mol. The topological polar surface area (TPSA) is 95.1 Å². The highest BCUT2D eigenvalue weighted by molar-refractivity contribution is 7.99. The molecule has 0 bridgehead atoms. The van der Waals surface area contributed by atoms with Crippen LogP contribution >= 0.6 is 11.8 Å². The number of nitrogens with zero attached hydrogens (tertiary/aromatic N) is 3. The molecule has 1 atom stereocenters. The Morgan fingerprint density at radius 1 is 1.35 bits per heavy atom. The Hall–Kier alpha value is -2.22. The molecule has 1 aromatic heterocycles. The Bertz CT molecular complexity index is 768. The summed E-state index contributed by atoms with van der Waals surface area (Å²) in [5.74, 6) is 8.21. The zero-order valence-corrected chi connectivity index (χ0v) is 16.2. The van der Waals surface area contributed by atoms with Crippen molar-refractivity contribution in [1.82, 2.24) is 20.2 Å². The Labute approximate surface area is 157 Å². The first-order valence-electron chi connectivity index (χ1n) is 8.75. The Balaban J connectivity index is 1.51. The molecule has 1 aromatic carbocycles. The van der Waals surface area contributed by atoms with Crippen molar-refractivity contribution in [1.29, 1.82) is 0 Å². The van der Waals surface area contributed by atoms with E-state index in [1.165, 1.54) is 29.3 Å². The van der Waals surface area contributed by atoms with Gasteiger partial charge in [-0.2, -0.15) is 0 Å². The first-order chi connectivity index (χ1) is 12.4. The number of carbonyl (C=O) groups is 1. The van der Waals surface area contributed by atoms with Gasteiger partial charge in [0, 0.05) is 6.04 Å². The highest BCUT2D eigenvalue weighted by Crippen LogP contribution is 2.32. The van der Waals surface area contributed by atoms with E-state index in [-0.39, 0.29) is 24.3 Å². The lowest BCUT2D eigenvalue weighted by molar-refractivity contribution is -0.119. The summed E-state index contributed by atoms with van der Waals surface area (Å²) < 4.78 is 7.15. The normalized spacial score (nSPS) is 14.9. The van der Waals surface area contributed by atoms with Crippen molar-refractivity contribution in [2.45, 2.75) is 51.4 Å². The minimum absolute atomic E-state index is 0.00886. The molecule has 1 aliphatic carbocycles. The number of rotatable bonds is 8. The molecule has 1 saturated carbocycles. The van der Waals surface area contributed by atoms with Gasteiger partial charge in [-0.1, -0.05) is 17.8 Å². The van der Waals surface area contributed by atoms with Crippen molar-refractivity contribution >= 4 is 17.7 Å². The van der Waals surface area contributed by atoms with E-state index in [9.17, 15) is 4.79 Å². The third-order valence-electron chi connectivity index (χ3n) is 4.35. The van der Waals surface area contributed by atoms with E-state index in [0.717, 1.165) is 16.9 Å². The number of hydrogen-bond donors (Lipinski definition) is 2. The first kappa shape index (κ1) is 18.6. The summed E-state index contributed by atoms with van der Waals surface area (Å²) in [7, 11) is 0. The third-order valence-corrected chi connectivity index (χ3v) is 5.29. The van der Waals surface area contributed by atoms with Gasteiger partial charge in [-0.3, -0.25) is 4.79 Å². The highest BCUT2D eigenvalue weighted by Gasteiger charge is 2.28. The van der Waals surface area contributed by atoms with Gasteiger partial charge in [0.15, 0.2) is 5.82 Å². The maximum Gasteiger partial charge on any atom is 0.230 e. The minimum Gasteiger partial charge on any atom is -0.486 e. The van der Waals surface area contributed by atoms with E-state index in [0.29, 0.717) is 16.9 Å². The molecule has 3 rings (SSSR count). The molecule has 1 amide bonds. The fourth-order valence-electron chi connectivity index (χ4n) is 2.81. The van der Waals surface area contributed by atoms with E-state index in [1.807, 2.05) is 32.9 Å². The van der Waals surface area contributed by atoms with Gasteiger partial charge in [0.25, 0.3) is 0 Å². The van der Waals surface area contributed by atoms with Crippen molar-refractivity contribution in [3.8, 4) is 5.75 Å². The van der Waals surface area contributed by atoms with Crippen LogP contribution in [0, 0.1) is 19.8 Å². The van der Waals surface area contributed by atoms with Gasteiger partial charge in [0.1, 0.15) is 12.4 Å². The van der Waals surface area contributed by atoms with Crippen molar-refractivity contribution < 1.29 is 9.53 Å². The van der Waals surface area contributed by atoms with Crippen molar-refractivity contribution in [3.63, 3.8) is 0 Å². The fraction of sp³-hybridized carbons (Fsp3) is 0.500. The number of thioether (sulfide) groups is 1. The second-order valence-electron chi connectivity index (χ2n) is 6.86. The fourth-order valence-corrected chi connectivity index (χ4v) is 3.49. The molecule has 3 N–H and O–H groups in total. The van der Waals surface area contributed by atoms with Crippen molar-refractivity contribution in [2.75, 3.05) is 11.6 Å². The van der Waals surface area contributed by atoms with Crippen LogP contribution in [0.15, 0.2) is 23.4 Å². The van der Waals surface area contributed by atoms with Crippen LogP contribution in [0.2, 0.25) is 0 Å². The number of nitrogens with two attached hydrogens (primary N) is 1. The van der Waals surface area contributed by atoms with Crippen LogP contribution in [-0.2, 0) is 11.4 Å². The summed E-state index contributed by atoms with van der Waals surface area (Å²) in [6.45, 7) is 6.32. The van der Waals surface area contributed by atoms with Crippen LogP contribution in [0.5, 0.6) is 5.75 Å². The summed E-state index contributed by atoms with van der Waals surface area (Å²) in [5.41, 5.74) is 2.27. The first-order valence-corrected chi connectivity index (χ1v) is 9.73. The molecule has 1 fully saturated rings. The molecular formula is C18H25N5O2S. The van der Waals surface area contributed by atoms with Crippen LogP contribution in [0.25, 0.3) is 0 Å². The molecule has 26 heavy (non-hydrogen) atoms. The predicted molar refractivity (Wildman–Crippen MR) is 101 cm³/mol. The highest BCUT2D eigenvalue weighted by atomic mass is 32.2. The van der Waals surface area contributed by atoms with E-state index < -0.39 is 0 Å². The second-order valence-corrected chi connectivity index (χ2v) is 7.81. The number of amides is 1. The van der Waals surface area contributed by atoms with Gasteiger partial charge in [-0.15, -0.1) is 10.2 Å². The molecule has 1 unspecified atom stereocenters. The molecular weight excluding hydrogens is 350 g/mol. The molecule has 0 saturated heterocycles. The van der Waals surface area contributed by atoms with E-state index in [2.05, 4.69) is 21.6 Å². The number of nitrogen functional groups attached to an aromatic ring is 1. The van der Waals surface area contributed by atoms with E-state index in [4.69, 9.17) is 10.6 Å². The lowest BCUT2D eigenvalue weighted by Crippen LogP contribution is -2.35. The molecule has 0 aliphatic heterocycles. The zero-order valence-electron chi connectivity index (χ0n) is 15.4.